The van der Waals surface area contributed by atoms with Crippen molar-refractivity contribution < 1.29 is 9.15 Å². The molecule has 18 heavy (non-hydrogen) atoms. The van der Waals surface area contributed by atoms with Crippen molar-refractivity contribution >= 4 is 11.6 Å². The highest BCUT2D eigenvalue weighted by molar-refractivity contribution is 6.30. The van der Waals surface area contributed by atoms with Crippen molar-refractivity contribution in [2.75, 3.05) is 7.11 Å². The van der Waals surface area contributed by atoms with E-state index in [2.05, 4.69) is 0 Å². The van der Waals surface area contributed by atoms with Gasteiger partial charge >= 0.3 is 0 Å². The van der Waals surface area contributed by atoms with E-state index < -0.39 is 0 Å². The minimum atomic E-state index is -0.203. The van der Waals surface area contributed by atoms with Gasteiger partial charge in [-0.25, -0.2) is 0 Å². The van der Waals surface area contributed by atoms with E-state index in [1.807, 2.05) is 31.2 Å². The molecule has 4 heteroatoms. The van der Waals surface area contributed by atoms with Crippen LogP contribution in [0.15, 0.2) is 34.7 Å². The van der Waals surface area contributed by atoms with Gasteiger partial charge in [0, 0.05) is 5.02 Å². The molecule has 1 aromatic carbocycles. The fourth-order valence-corrected chi connectivity index (χ4v) is 2.09. The van der Waals surface area contributed by atoms with Gasteiger partial charge in [0.05, 0.1) is 13.2 Å². The minimum absolute atomic E-state index is 0.203. The molecule has 0 saturated heterocycles. The van der Waals surface area contributed by atoms with Gasteiger partial charge in [-0.05, 0) is 49.2 Å². The summed E-state index contributed by atoms with van der Waals surface area (Å²) in [6.07, 6.45) is 0.622. The number of ether oxygens (including phenoxy) is 1. The molecular formula is C14H16ClNO2. The normalized spacial score (nSPS) is 12.4. The van der Waals surface area contributed by atoms with Crippen LogP contribution in [0.4, 0.5) is 0 Å². The van der Waals surface area contributed by atoms with Gasteiger partial charge in [-0.15, -0.1) is 0 Å². The summed E-state index contributed by atoms with van der Waals surface area (Å²) in [5.74, 6) is 2.42. The molecule has 1 aromatic heterocycles. The highest BCUT2D eigenvalue weighted by Crippen LogP contribution is 2.27. The third kappa shape index (κ3) is 2.86. The predicted molar refractivity (Wildman–Crippen MR) is 72.1 cm³/mol. The first kappa shape index (κ1) is 13.0. The van der Waals surface area contributed by atoms with E-state index in [0.29, 0.717) is 11.4 Å². The van der Waals surface area contributed by atoms with Crippen LogP contribution in [0.5, 0.6) is 5.75 Å². The molecule has 1 unspecified atom stereocenters. The second-order valence-corrected chi connectivity index (χ2v) is 4.65. The average molecular weight is 266 g/mol. The SMILES string of the molecule is COc1ccc(Cl)cc1CC(N)c1ccc(C)o1. The summed E-state index contributed by atoms with van der Waals surface area (Å²) in [7, 11) is 1.63. The summed E-state index contributed by atoms with van der Waals surface area (Å²) in [6, 6.07) is 9.12. The summed E-state index contributed by atoms with van der Waals surface area (Å²) in [6.45, 7) is 1.90. The number of methoxy groups -OCH3 is 1. The lowest BCUT2D eigenvalue weighted by atomic mass is 10.0. The molecule has 0 aliphatic heterocycles. The molecule has 2 N–H and O–H groups in total. The Balaban J connectivity index is 2.20. The maximum atomic E-state index is 6.12. The molecule has 0 saturated carbocycles. The number of benzene rings is 1. The molecule has 0 bridgehead atoms. The van der Waals surface area contributed by atoms with Gasteiger partial charge < -0.3 is 14.9 Å². The Morgan fingerprint density at radius 2 is 2.11 bits per heavy atom. The van der Waals surface area contributed by atoms with E-state index >= 15 is 0 Å². The summed E-state index contributed by atoms with van der Waals surface area (Å²) in [5.41, 5.74) is 7.10. The van der Waals surface area contributed by atoms with Gasteiger partial charge in [0.15, 0.2) is 0 Å². The Morgan fingerprint density at radius 1 is 1.33 bits per heavy atom. The molecule has 96 valence electrons. The Hall–Kier alpha value is -1.45. The lowest BCUT2D eigenvalue weighted by Crippen LogP contribution is -2.13. The number of hydrogen-bond donors (Lipinski definition) is 1. The molecule has 1 heterocycles. The van der Waals surface area contributed by atoms with Crippen LogP contribution in [0.1, 0.15) is 23.1 Å². The smallest absolute Gasteiger partial charge is 0.122 e. The largest absolute Gasteiger partial charge is 0.496 e. The lowest BCUT2D eigenvalue weighted by molar-refractivity contribution is 0.403. The second-order valence-electron chi connectivity index (χ2n) is 4.22. The molecule has 2 aromatic rings. The number of rotatable bonds is 4. The fraction of sp³-hybridized carbons (Fsp3) is 0.286. The summed E-state index contributed by atoms with van der Waals surface area (Å²) < 4.78 is 10.8. The lowest BCUT2D eigenvalue weighted by Gasteiger charge is -2.12. The van der Waals surface area contributed by atoms with Crippen LogP contribution in [-0.4, -0.2) is 7.11 Å². The fourth-order valence-electron chi connectivity index (χ4n) is 1.90. The van der Waals surface area contributed by atoms with Gasteiger partial charge in [-0.3, -0.25) is 0 Å². The van der Waals surface area contributed by atoms with Crippen molar-refractivity contribution in [2.45, 2.75) is 19.4 Å². The topological polar surface area (TPSA) is 48.4 Å². The Labute approximate surface area is 111 Å². The standard InChI is InChI=1S/C14H16ClNO2/c1-9-3-5-14(18-9)12(16)8-10-7-11(15)4-6-13(10)17-2/h3-7,12H,8,16H2,1-2H3. The molecule has 2 rings (SSSR count). The highest BCUT2D eigenvalue weighted by atomic mass is 35.5. The Morgan fingerprint density at radius 3 is 2.72 bits per heavy atom. The Bertz CT molecular complexity index is 536. The maximum absolute atomic E-state index is 6.12. The van der Waals surface area contributed by atoms with E-state index in [4.69, 9.17) is 26.5 Å². The monoisotopic (exact) mass is 265 g/mol. The van der Waals surface area contributed by atoms with Crippen LogP contribution >= 0.6 is 11.6 Å². The summed E-state index contributed by atoms with van der Waals surface area (Å²) in [4.78, 5) is 0. The van der Waals surface area contributed by atoms with Crippen LogP contribution in [0, 0.1) is 6.92 Å². The van der Waals surface area contributed by atoms with Crippen molar-refractivity contribution in [1.29, 1.82) is 0 Å². The molecule has 0 aliphatic rings. The first-order valence-electron chi connectivity index (χ1n) is 5.74. The van der Waals surface area contributed by atoms with Crippen LogP contribution in [0.3, 0.4) is 0 Å². The maximum Gasteiger partial charge on any atom is 0.122 e. The van der Waals surface area contributed by atoms with Gasteiger partial charge in [0.25, 0.3) is 0 Å². The third-order valence-corrected chi connectivity index (χ3v) is 3.04. The zero-order chi connectivity index (χ0) is 13.1. The van der Waals surface area contributed by atoms with E-state index in [1.165, 1.54) is 0 Å². The summed E-state index contributed by atoms with van der Waals surface area (Å²) >= 11 is 5.99. The first-order chi connectivity index (χ1) is 8.60. The molecule has 0 fully saturated rings. The average Bonchev–Trinajstić information content (AvgIpc) is 2.76. The van der Waals surface area contributed by atoms with Crippen molar-refractivity contribution in [1.82, 2.24) is 0 Å². The van der Waals surface area contributed by atoms with Crippen LogP contribution in [-0.2, 0) is 6.42 Å². The third-order valence-electron chi connectivity index (χ3n) is 2.81. The van der Waals surface area contributed by atoms with E-state index in [0.717, 1.165) is 22.8 Å². The van der Waals surface area contributed by atoms with Crippen LogP contribution in [0.2, 0.25) is 5.02 Å². The number of furan rings is 1. The van der Waals surface area contributed by atoms with Gasteiger partial charge in [-0.1, -0.05) is 11.6 Å². The van der Waals surface area contributed by atoms with Crippen molar-refractivity contribution in [3.63, 3.8) is 0 Å². The second kappa shape index (κ2) is 5.46. The van der Waals surface area contributed by atoms with Crippen molar-refractivity contribution in [3.05, 3.63) is 52.4 Å². The molecule has 0 amide bonds. The van der Waals surface area contributed by atoms with Crippen molar-refractivity contribution in [2.24, 2.45) is 5.73 Å². The molecular weight excluding hydrogens is 250 g/mol. The van der Waals surface area contributed by atoms with Gasteiger partial charge in [-0.2, -0.15) is 0 Å². The van der Waals surface area contributed by atoms with Gasteiger partial charge in [0.2, 0.25) is 0 Å². The molecule has 0 spiro atoms. The molecule has 0 aliphatic carbocycles. The predicted octanol–water partition coefficient (Wildman–Crippen LogP) is 3.49. The number of aryl methyl sites for hydroxylation is 1. The number of nitrogens with two attached hydrogens (primary N) is 1. The Kier molecular flexibility index (Phi) is 3.94. The van der Waals surface area contributed by atoms with E-state index in [9.17, 15) is 0 Å². The zero-order valence-electron chi connectivity index (χ0n) is 10.4. The highest BCUT2D eigenvalue weighted by Gasteiger charge is 2.14. The summed E-state index contributed by atoms with van der Waals surface area (Å²) in [5, 5.41) is 0.675. The van der Waals surface area contributed by atoms with E-state index in [1.54, 1.807) is 13.2 Å². The zero-order valence-corrected chi connectivity index (χ0v) is 11.2. The molecule has 0 radical (unpaired) electrons. The van der Waals surface area contributed by atoms with Crippen LogP contribution in [0.25, 0.3) is 0 Å². The minimum Gasteiger partial charge on any atom is -0.496 e. The number of halogens is 1. The number of hydrogen-bond acceptors (Lipinski definition) is 3. The van der Waals surface area contributed by atoms with Gasteiger partial charge in [0.1, 0.15) is 17.3 Å². The first-order valence-corrected chi connectivity index (χ1v) is 6.12. The quantitative estimate of drug-likeness (QED) is 0.921. The van der Waals surface area contributed by atoms with Crippen LogP contribution < -0.4 is 10.5 Å². The van der Waals surface area contributed by atoms with Crippen molar-refractivity contribution in [3.8, 4) is 5.75 Å². The molecule has 3 nitrogen and oxygen atoms in total. The molecule has 1 atom stereocenters. The van der Waals surface area contributed by atoms with E-state index in [-0.39, 0.29) is 6.04 Å².